The highest BCUT2D eigenvalue weighted by molar-refractivity contribution is 5.43. The van der Waals surface area contributed by atoms with Crippen molar-refractivity contribution in [1.82, 2.24) is 0 Å². The molecule has 3 nitrogen and oxygen atoms in total. The highest BCUT2D eigenvalue weighted by Crippen LogP contribution is 2.31. The third kappa shape index (κ3) is 3.93. The zero-order valence-electron chi connectivity index (χ0n) is 10.9. The molecule has 0 saturated heterocycles. The summed E-state index contributed by atoms with van der Waals surface area (Å²) in [6.07, 6.45) is 2.26. The van der Waals surface area contributed by atoms with Crippen LogP contribution in [0.4, 0.5) is 0 Å². The first kappa shape index (κ1) is 13.8. The molecule has 0 bridgehead atoms. The van der Waals surface area contributed by atoms with Crippen LogP contribution in [0.2, 0.25) is 0 Å². The number of methoxy groups -OCH3 is 1. The lowest BCUT2D eigenvalue weighted by Gasteiger charge is -2.14. The fourth-order valence-electron chi connectivity index (χ4n) is 1.66. The molecule has 17 heavy (non-hydrogen) atoms. The molecule has 0 spiro atoms. The minimum atomic E-state index is -0.422. The van der Waals surface area contributed by atoms with Crippen molar-refractivity contribution in [3.63, 3.8) is 0 Å². The molecular weight excluding hydrogens is 216 g/mol. The Kier molecular flexibility index (Phi) is 5.84. The van der Waals surface area contributed by atoms with Crippen LogP contribution in [-0.4, -0.2) is 18.8 Å². The molecular formula is C14H22O3. The summed E-state index contributed by atoms with van der Waals surface area (Å²) in [5.41, 5.74) is 0.882. The molecule has 96 valence electrons. The van der Waals surface area contributed by atoms with Gasteiger partial charge in [-0.1, -0.05) is 26.3 Å². The summed E-state index contributed by atoms with van der Waals surface area (Å²) in [7, 11) is 1.62. The highest BCUT2D eigenvalue weighted by atomic mass is 16.5. The Labute approximate surface area is 103 Å². The third-order valence-corrected chi connectivity index (χ3v) is 2.60. The molecule has 0 aliphatic rings. The van der Waals surface area contributed by atoms with Crippen LogP contribution in [0.5, 0.6) is 11.5 Å². The van der Waals surface area contributed by atoms with Gasteiger partial charge >= 0.3 is 0 Å². The number of aliphatic hydroxyl groups excluding tert-OH is 1. The van der Waals surface area contributed by atoms with Gasteiger partial charge in [-0.25, -0.2) is 0 Å². The fourth-order valence-corrected chi connectivity index (χ4v) is 1.66. The van der Waals surface area contributed by atoms with Crippen molar-refractivity contribution in [2.75, 3.05) is 13.7 Å². The molecule has 1 atom stereocenters. The van der Waals surface area contributed by atoms with Crippen LogP contribution >= 0.6 is 0 Å². The van der Waals surface area contributed by atoms with Gasteiger partial charge in [0.25, 0.3) is 0 Å². The van der Waals surface area contributed by atoms with E-state index in [0.717, 1.165) is 30.6 Å². The van der Waals surface area contributed by atoms with E-state index < -0.39 is 6.10 Å². The van der Waals surface area contributed by atoms with Crippen molar-refractivity contribution in [1.29, 1.82) is 0 Å². The summed E-state index contributed by atoms with van der Waals surface area (Å²) in [5.74, 6) is 1.42. The molecule has 1 aromatic rings. The number of ether oxygens (including phenoxy) is 2. The van der Waals surface area contributed by atoms with Crippen molar-refractivity contribution in [3.05, 3.63) is 23.8 Å². The summed E-state index contributed by atoms with van der Waals surface area (Å²) < 4.78 is 10.8. The zero-order valence-corrected chi connectivity index (χ0v) is 10.9. The summed E-state index contributed by atoms with van der Waals surface area (Å²) in [6, 6.07) is 5.61. The van der Waals surface area contributed by atoms with Crippen molar-refractivity contribution < 1.29 is 14.6 Å². The van der Waals surface area contributed by atoms with Crippen molar-refractivity contribution in [2.45, 2.75) is 39.2 Å². The van der Waals surface area contributed by atoms with Crippen molar-refractivity contribution in [3.8, 4) is 11.5 Å². The second kappa shape index (κ2) is 7.17. The van der Waals surface area contributed by atoms with Crippen LogP contribution in [0.15, 0.2) is 18.2 Å². The molecule has 0 aromatic heterocycles. The summed E-state index contributed by atoms with van der Waals surface area (Å²) in [6.45, 7) is 4.79. The van der Waals surface area contributed by atoms with Gasteiger partial charge in [0, 0.05) is 0 Å². The smallest absolute Gasteiger partial charge is 0.161 e. The van der Waals surface area contributed by atoms with Gasteiger partial charge in [0.1, 0.15) is 0 Å². The number of aliphatic hydroxyl groups is 1. The number of hydrogen-bond acceptors (Lipinski definition) is 3. The van der Waals surface area contributed by atoms with Crippen LogP contribution in [0.25, 0.3) is 0 Å². The van der Waals surface area contributed by atoms with Gasteiger partial charge in [-0.15, -0.1) is 0 Å². The monoisotopic (exact) mass is 238 g/mol. The standard InChI is InChI=1S/C14H22O3/c1-4-6-12(15)11-7-8-13(17-9-5-2)14(10-11)16-3/h7-8,10,12,15H,4-6,9H2,1-3H3. The predicted octanol–water partition coefficient (Wildman–Crippen LogP) is 3.32. The van der Waals surface area contributed by atoms with E-state index in [0.29, 0.717) is 12.4 Å². The first-order valence-corrected chi connectivity index (χ1v) is 6.21. The van der Waals surface area contributed by atoms with E-state index in [1.54, 1.807) is 7.11 Å². The maximum absolute atomic E-state index is 9.91. The fraction of sp³-hybridized carbons (Fsp3) is 0.571. The Morgan fingerprint density at radius 3 is 2.53 bits per heavy atom. The Morgan fingerprint density at radius 2 is 1.94 bits per heavy atom. The van der Waals surface area contributed by atoms with Gasteiger partial charge in [0.15, 0.2) is 11.5 Å². The van der Waals surface area contributed by atoms with E-state index in [2.05, 4.69) is 13.8 Å². The van der Waals surface area contributed by atoms with Crippen LogP contribution in [0.3, 0.4) is 0 Å². The summed E-state index contributed by atoms with van der Waals surface area (Å²) in [4.78, 5) is 0. The van der Waals surface area contributed by atoms with Crippen molar-refractivity contribution >= 4 is 0 Å². The molecule has 0 aliphatic heterocycles. The second-order valence-corrected chi connectivity index (χ2v) is 4.06. The van der Waals surface area contributed by atoms with E-state index in [1.807, 2.05) is 18.2 Å². The minimum absolute atomic E-state index is 0.422. The minimum Gasteiger partial charge on any atom is -0.493 e. The highest BCUT2D eigenvalue weighted by Gasteiger charge is 2.11. The second-order valence-electron chi connectivity index (χ2n) is 4.06. The van der Waals surface area contributed by atoms with Gasteiger partial charge in [0.05, 0.1) is 19.8 Å². The van der Waals surface area contributed by atoms with Gasteiger partial charge in [-0.2, -0.15) is 0 Å². The maximum Gasteiger partial charge on any atom is 0.161 e. The average Bonchev–Trinajstić information content (AvgIpc) is 2.36. The van der Waals surface area contributed by atoms with Crippen LogP contribution in [0, 0.1) is 0 Å². The molecule has 1 aromatic carbocycles. The molecule has 0 fully saturated rings. The Bertz CT molecular complexity index is 336. The van der Waals surface area contributed by atoms with Crippen LogP contribution in [0.1, 0.15) is 44.8 Å². The lowest BCUT2D eigenvalue weighted by molar-refractivity contribution is 0.166. The van der Waals surface area contributed by atoms with E-state index in [-0.39, 0.29) is 0 Å². The predicted molar refractivity (Wildman–Crippen MR) is 68.6 cm³/mol. The average molecular weight is 238 g/mol. The third-order valence-electron chi connectivity index (χ3n) is 2.60. The number of benzene rings is 1. The lowest BCUT2D eigenvalue weighted by Crippen LogP contribution is -2.01. The molecule has 0 heterocycles. The van der Waals surface area contributed by atoms with Gasteiger partial charge in [0.2, 0.25) is 0 Å². The van der Waals surface area contributed by atoms with Crippen molar-refractivity contribution in [2.24, 2.45) is 0 Å². The first-order chi connectivity index (χ1) is 8.22. The molecule has 3 heteroatoms. The molecule has 0 radical (unpaired) electrons. The molecule has 1 N–H and O–H groups in total. The normalized spacial score (nSPS) is 12.2. The van der Waals surface area contributed by atoms with Crippen LogP contribution < -0.4 is 9.47 Å². The SMILES string of the molecule is CCCOc1ccc(C(O)CCC)cc1OC. The van der Waals surface area contributed by atoms with Gasteiger partial charge < -0.3 is 14.6 Å². The van der Waals surface area contributed by atoms with E-state index in [4.69, 9.17) is 9.47 Å². The first-order valence-electron chi connectivity index (χ1n) is 6.21. The molecule has 0 aliphatic carbocycles. The molecule has 0 amide bonds. The quantitative estimate of drug-likeness (QED) is 0.792. The maximum atomic E-state index is 9.91. The lowest BCUT2D eigenvalue weighted by atomic mass is 10.0. The molecule has 1 rings (SSSR count). The molecule has 1 unspecified atom stereocenters. The largest absolute Gasteiger partial charge is 0.493 e. The Morgan fingerprint density at radius 1 is 1.18 bits per heavy atom. The zero-order chi connectivity index (χ0) is 12.7. The van der Waals surface area contributed by atoms with E-state index in [1.165, 1.54) is 0 Å². The van der Waals surface area contributed by atoms with Gasteiger partial charge in [-0.05, 0) is 30.5 Å². The summed E-state index contributed by atoms with van der Waals surface area (Å²) >= 11 is 0. The van der Waals surface area contributed by atoms with E-state index >= 15 is 0 Å². The topological polar surface area (TPSA) is 38.7 Å². The summed E-state index contributed by atoms with van der Waals surface area (Å²) in [5, 5.41) is 9.91. The Balaban J connectivity index is 2.83. The Hall–Kier alpha value is -1.22. The van der Waals surface area contributed by atoms with Gasteiger partial charge in [-0.3, -0.25) is 0 Å². The number of rotatable bonds is 7. The van der Waals surface area contributed by atoms with Crippen LogP contribution in [-0.2, 0) is 0 Å². The number of hydrogen-bond donors (Lipinski definition) is 1. The molecule has 0 saturated carbocycles. The van der Waals surface area contributed by atoms with E-state index in [9.17, 15) is 5.11 Å².